The molecular weight excluding hydrogens is 262 g/mol. The molecule has 0 radical (unpaired) electrons. The van der Waals surface area contributed by atoms with Gasteiger partial charge in [0.1, 0.15) is 6.07 Å². The quantitative estimate of drug-likeness (QED) is 0.792. The van der Waals surface area contributed by atoms with Crippen LogP contribution in [0.3, 0.4) is 0 Å². The van der Waals surface area contributed by atoms with Crippen molar-refractivity contribution in [3.05, 3.63) is 59.9 Å². The predicted molar refractivity (Wildman–Crippen MR) is 80.7 cm³/mol. The van der Waals surface area contributed by atoms with Crippen LogP contribution in [0.2, 0.25) is 0 Å². The van der Waals surface area contributed by atoms with Crippen molar-refractivity contribution < 1.29 is 0 Å². The van der Waals surface area contributed by atoms with Gasteiger partial charge >= 0.3 is 0 Å². The van der Waals surface area contributed by atoms with E-state index in [9.17, 15) is 0 Å². The first-order valence-electron chi connectivity index (χ1n) is 6.67. The van der Waals surface area contributed by atoms with E-state index >= 15 is 0 Å². The zero-order chi connectivity index (χ0) is 14.5. The second-order valence-electron chi connectivity index (χ2n) is 4.57. The number of para-hydroxylation sites is 1. The fourth-order valence-electron chi connectivity index (χ4n) is 2.24. The molecule has 0 aliphatic carbocycles. The number of hydrogen-bond donors (Lipinski definition) is 1. The number of nitrogens with zero attached hydrogens (tertiary/aromatic N) is 4. The van der Waals surface area contributed by atoms with E-state index in [-0.39, 0.29) is 0 Å². The molecule has 2 aromatic heterocycles. The molecule has 5 heteroatoms. The molecule has 3 rings (SSSR count). The molecule has 0 bridgehead atoms. The first-order valence-corrected chi connectivity index (χ1v) is 6.67. The average molecular weight is 275 g/mol. The summed E-state index contributed by atoms with van der Waals surface area (Å²) in [4.78, 5) is 4.43. The van der Waals surface area contributed by atoms with Gasteiger partial charge in [-0.25, -0.2) is 0 Å². The van der Waals surface area contributed by atoms with Crippen LogP contribution in [0.15, 0.2) is 48.8 Å². The van der Waals surface area contributed by atoms with Crippen LogP contribution in [0.5, 0.6) is 0 Å². The van der Waals surface area contributed by atoms with Crippen LogP contribution in [0.25, 0.3) is 10.9 Å². The lowest BCUT2D eigenvalue weighted by molar-refractivity contribution is 0.965. The number of nitriles is 1. The summed E-state index contributed by atoms with van der Waals surface area (Å²) in [6.45, 7) is 0.670. The Balaban J connectivity index is 1.74. The average Bonchev–Trinajstić information content (AvgIpc) is 2.55. The van der Waals surface area contributed by atoms with Gasteiger partial charge in [-0.2, -0.15) is 10.4 Å². The van der Waals surface area contributed by atoms with Gasteiger partial charge in [-0.05, 0) is 24.1 Å². The Morgan fingerprint density at radius 3 is 2.90 bits per heavy atom. The summed E-state index contributed by atoms with van der Waals surface area (Å²) in [5.41, 5.74) is 2.69. The maximum atomic E-state index is 9.01. The van der Waals surface area contributed by atoms with Crippen molar-refractivity contribution in [3.63, 3.8) is 0 Å². The molecule has 0 unspecified atom stereocenters. The maximum Gasteiger partial charge on any atom is 0.166 e. The molecule has 0 saturated heterocycles. The van der Waals surface area contributed by atoms with E-state index in [0.29, 0.717) is 17.9 Å². The predicted octanol–water partition coefficient (Wildman–Crippen LogP) is 2.55. The maximum absolute atomic E-state index is 9.01. The molecule has 0 amide bonds. The van der Waals surface area contributed by atoms with E-state index in [0.717, 1.165) is 17.3 Å². The Bertz CT molecular complexity index is 802. The smallest absolute Gasteiger partial charge is 0.166 e. The van der Waals surface area contributed by atoms with Crippen LogP contribution in [0.4, 0.5) is 5.82 Å². The van der Waals surface area contributed by atoms with Gasteiger partial charge in [0.05, 0.1) is 17.3 Å². The fourth-order valence-corrected chi connectivity index (χ4v) is 2.24. The fraction of sp³-hybridized carbons (Fsp3) is 0.125. The minimum Gasteiger partial charge on any atom is -0.367 e. The van der Waals surface area contributed by atoms with Gasteiger partial charge in [-0.3, -0.25) is 4.98 Å². The number of anilines is 1. The van der Waals surface area contributed by atoms with Crippen molar-refractivity contribution in [2.75, 3.05) is 11.9 Å². The van der Waals surface area contributed by atoms with Crippen LogP contribution in [0.1, 0.15) is 11.1 Å². The molecule has 0 atom stereocenters. The SMILES string of the molecule is N#Cc1ccnnc1NCCc1cccc2cccnc12. The van der Waals surface area contributed by atoms with E-state index in [2.05, 4.69) is 44.8 Å². The Kier molecular flexibility index (Phi) is 3.70. The summed E-state index contributed by atoms with van der Waals surface area (Å²) >= 11 is 0. The highest BCUT2D eigenvalue weighted by molar-refractivity contribution is 5.81. The highest BCUT2D eigenvalue weighted by atomic mass is 15.2. The number of pyridine rings is 1. The van der Waals surface area contributed by atoms with E-state index < -0.39 is 0 Å². The van der Waals surface area contributed by atoms with Crippen LogP contribution in [0, 0.1) is 11.3 Å². The van der Waals surface area contributed by atoms with Gasteiger partial charge in [-0.1, -0.05) is 24.3 Å². The van der Waals surface area contributed by atoms with Crippen molar-refractivity contribution in [1.29, 1.82) is 5.26 Å². The molecule has 0 aliphatic heterocycles. The molecule has 1 aromatic carbocycles. The van der Waals surface area contributed by atoms with Crippen LogP contribution in [-0.2, 0) is 6.42 Å². The number of aromatic nitrogens is 3. The number of benzene rings is 1. The third-order valence-electron chi connectivity index (χ3n) is 3.24. The third-order valence-corrected chi connectivity index (χ3v) is 3.24. The Labute approximate surface area is 122 Å². The summed E-state index contributed by atoms with van der Waals surface area (Å²) in [6, 6.07) is 13.9. The number of rotatable bonds is 4. The van der Waals surface area contributed by atoms with Crippen molar-refractivity contribution in [3.8, 4) is 6.07 Å². The van der Waals surface area contributed by atoms with Gasteiger partial charge in [0.2, 0.25) is 0 Å². The Morgan fingerprint density at radius 2 is 2.00 bits per heavy atom. The highest BCUT2D eigenvalue weighted by Crippen LogP contribution is 2.16. The lowest BCUT2D eigenvalue weighted by atomic mass is 10.1. The Hall–Kier alpha value is -3.00. The first kappa shape index (κ1) is 13.0. The molecule has 0 spiro atoms. The van der Waals surface area contributed by atoms with Crippen molar-refractivity contribution in [2.24, 2.45) is 0 Å². The summed E-state index contributed by atoms with van der Waals surface area (Å²) in [6.07, 6.45) is 4.11. The molecule has 0 saturated carbocycles. The van der Waals surface area contributed by atoms with E-state index in [1.165, 1.54) is 11.8 Å². The standard InChI is InChI=1S/C16H13N5/c17-11-14-7-10-20-21-16(14)19-9-6-13-4-1-3-12-5-2-8-18-15(12)13/h1-5,7-8,10H,6,9H2,(H,19,21). The molecule has 21 heavy (non-hydrogen) atoms. The number of nitrogens with one attached hydrogen (secondary N) is 1. The molecule has 2 heterocycles. The largest absolute Gasteiger partial charge is 0.367 e. The van der Waals surface area contributed by atoms with E-state index in [1.54, 1.807) is 12.3 Å². The van der Waals surface area contributed by atoms with Crippen LogP contribution in [-0.4, -0.2) is 21.7 Å². The van der Waals surface area contributed by atoms with Gasteiger partial charge in [-0.15, -0.1) is 5.10 Å². The van der Waals surface area contributed by atoms with E-state index in [4.69, 9.17) is 5.26 Å². The normalized spacial score (nSPS) is 10.2. The molecule has 0 fully saturated rings. The van der Waals surface area contributed by atoms with Gasteiger partial charge in [0.15, 0.2) is 5.82 Å². The Morgan fingerprint density at radius 1 is 1.10 bits per heavy atom. The second-order valence-corrected chi connectivity index (χ2v) is 4.57. The van der Waals surface area contributed by atoms with Crippen LogP contribution < -0.4 is 5.32 Å². The van der Waals surface area contributed by atoms with Gasteiger partial charge < -0.3 is 5.32 Å². The van der Waals surface area contributed by atoms with Gasteiger partial charge in [0.25, 0.3) is 0 Å². The van der Waals surface area contributed by atoms with Crippen molar-refractivity contribution in [2.45, 2.75) is 6.42 Å². The van der Waals surface area contributed by atoms with E-state index in [1.807, 2.05) is 12.1 Å². The minimum absolute atomic E-state index is 0.501. The number of hydrogen-bond acceptors (Lipinski definition) is 5. The van der Waals surface area contributed by atoms with Crippen molar-refractivity contribution in [1.82, 2.24) is 15.2 Å². The molecule has 102 valence electrons. The lowest BCUT2D eigenvalue weighted by Gasteiger charge is -2.08. The first-order chi connectivity index (χ1) is 10.4. The highest BCUT2D eigenvalue weighted by Gasteiger charge is 2.04. The topological polar surface area (TPSA) is 74.5 Å². The molecule has 3 aromatic rings. The molecular formula is C16H13N5. The number of fused-ring (bicyclic) bond motifs is 1. The summed E-state index contributed by atoms with van der Waals surface area (Å²) in [5, 5.41) is 21.0. The minimum atomic E-state index is 0.501. The van der Waals surface area contributed by atoms with Crippen LogP contribution >= 0.6 is 0 Å². The monoisotopic (exact) mass is 275 g/mol. The molecule has 0 aliphatic rings. The van der Waals surface area contributed by atoms with Gasteiger partial charge in [0, 0.05) is 18.1 Å². The summed E-state index contributed by atoms with van der Waals surface area (Å²) < 4.78 is 0. The summed E-state index contributed by atoms with van der Waals surface area (Å²) in [5.74, 6) is 0.521. The zero-order valence-corrected chi connectivity index (χ0v) is 11.3. The zero-order valence-electron chi connectivity index (χ0n) is 11.3. The summed E-state index contributed by atoms with van der Waals surface area (Å²) in [7, 11) is 0. The van der Waals surface area contributed by atoms with Crippen molar-refractivity contribution >= 4 is 16.7 Å². The molecule has 5 nitrogen and oxygen atoms in total. The second kappa shape index (κ2) is 5.97. The molecule has 1 N–H and O–H groups in total. The lowest BCUT2D eigenvalue weighted by Crippen LogP contribution is -2.08. The third kappa shape index (κ3) is 2.79.